The van der Waals surface area contributed by atoms with E-state index >= 15 is 0 Å². The highest BCUT2D eigenvalue weighted by Gasteiger charge is 2.26. The molecule has 1 amide bonds. The van der Waals surface area contributed by atoms with E-state index in [0.29, 0.717) is 11.6 Å². The van der Waals surface area contributed by atoms with Crippen LogP contribution in [0.5, 0.6) is 0 Å². The Morgan fingerprint density at radius 1 is 1.12 bits per heavy atom. The number of carbonyl (C=O) groups excluding carboxylic acids is 1. The van der Waals surface area contributed by atoms with Crippen molar-refractivity contribution in [1.82, 2.24) is 9.88 Å². The quantitative estimate of drug-likeness (QED) is 0.920. The Kier molecular flexibility index (Phi) is 4.55. The predicted octanol–water partition coefficient (Wildman–Crippen LogP) is 1.63. The van der Waals surface area contributed by atoms with Gasteiger partial charge in [-0.1, -0.05) is 18.2 Å². The molecule has 2 aliphatic rings. The van der Waals surface area contributed by atoms with Gasteiger partial charge in [0.1, 0.15) is 5.82 Å². The highest BCUT2D eigenvalue weighted by molar-refractivity contribution is 6.06. The summed E-state index contributed by atoms with van der Waals surface area (Å²) in [5.41, 5.74) is 6.97. The number of para-hydroxylation sites is 1. The Bertz CT molecular complexity index is 765. The number of amides is 1. The van der Waals surface area contributed by atoms with E-state index in [0.717, 1.165) is 69.0 Å². The fourth-order valence-corrected chi connectivity index (χ4v) is 3.93. The van der Waals surface area contributed by atoms with Crippen molar-refractivity contribution in [3.05, 3.63) is 35.9 Å². The Balaban J connectivity index is 1.53. The number of carbonyl (C=O) groups is 1. The summed E-state index contributed by atoms with van der Waals surface area (Å²) in [7, 11) is 0. The predicted molar refractivity (Wildman–Crippen MR) is 97.9 cm³/mol. The molecule has 0 bridgehead atoms. The number of morpholine rings is 1. The summed E-state index contributed by atoms with van der Waals surface area (Å²) in [5, 5.41) is 0.821. The summed E-state index contributed by atoms with van der Waals surface area (Å²) < 4.78 is 5.45. The number of ether oxygens (including phenoxy) is 1. The van der Waals surface area contributed by atoms with Gasteiger partial charge in [0.05, 0.1) is 24.3 Å². The number of benzene rings is 1. The normalized spacial score (nSPS) is 20.1. The van der Waals surface area contributed by atoms with Crippen molar-refractivity contribution in [2.24, 2.45) is 5.73 Å². The van der Waals surface area contributed by atoms with Gasteiger partial charge >= 0.3 is 0 Å². The lowest BCUT2D eigenvalue weighted by Gasteiger charge is -2.40. The molecule has 6 nitrogen and oxygen atoms in total. The molecule has 0 radical (unpaired) electrons. The third kappa shape index (κ3) is 3.32. The molecule has 2 fully saturated rings. The largest absolute Gasteiger partial charge is 0.379 e. The second-order valence-electron chi connectivity index (χ2n) is 6.78. The number of hydrogen-bond donors (Lipinski definition) is 1. The Labute approximate surface area is 147 Å². The smallest absolute Gasteiger partial charge is 0.249 e. The van der Waals surface area contributed by atoms with Crippen LogP contribution in [0, 0.1) is 0 Å². The van der Waals surface area contributed by atoms with Crippen LogP contribution in [0.2, 0.25) is 0 Å². The van der Waals surface area contributed by atoms with Crippen molar-refractivity contribution in [3.8, 4) is 0 Å². The number of nitrogens with two attached hydrogens (primary N) is 1. The molecule has 2 N–H and O–H groups in total. The van der Waals surface area contributed by atoms with E-state index in [4.69, 9.17) is 15.5 Å². The molecule has 0 spiro atoms. The van der Waals surface area contributed by atoms with Crippen LogP contribution in [0.25, 0.3) is 10.9 Å². The van der Waals surface area contributed by atoms with Crippen LogP contribution < -0.4 is 10.6 Å². The first-order chi connectivity index (χ1) is 12.2. The van der Waals surface area contributed by atoms with Gasteiger partial charge < -0.3 is 15.4 Å². The molecule has 0 unspecified atom stereocenters. The lowest BCUT2D eigenvalue weighted by Crippen LogP contribution is -2.49. The molecule has 0 saturated carbocycles. The zero-order chi connectivity index (χ0) is 17.2. The minimum atomic E-state index is -0.400. The van der Waals surface area contributed by atoms with Gasteiger partial charge in [-0.25, -0.2) is 4.98 Å². The topological polar surface area (TPSA) is 71.7 Å². The first-order valence-electron chi connectivity index (χ1n) is 8.99. The van der Waals surface area contributed by atoms with Gasteiger partial charge in [-0.2, -0.15) is 0 Å². The summed E-state index contributed by atoms with van der Waals surface area (Å²) in [4.78, 5) is 21.4. The third-order valence-electron chi connectivity index (χ3n) is 5.32. The van der Waals surface area contributed by atoms with Crippen molar-refractivity contribution in [1.29, 1.82) is 0 Å². The molecule has 25 heavy (non-hydrogen) atoms. The molecule has 132 valence electrons. The number of fused-ring (bicyclic) bond motifs is 1. The number of piperidine rings is 1. The van der Waals surface area contributed by atoms with Gasteiger partial charge in [0.15, 0.2) is 0 Å². The van der Waals surface area contributed by atoms with Gasteiger partial charge in [-0.05, 0) is 25.0 Å². The lowest BCUT2D eigenvalue weighted by molar-refractivity contribution is 0.0115. The molecule has 2 saturated heterocycles. The molecule has 3 heterocycles. The summed E-state index contributed by atoms with van der Waals surface area (Å²) in [5.74, 6) is 0.455. The second kappa shape index (κ2) is 6.98. The average Bonchev–Trinajstić information content (AvgIpc) is 2.68. The molecule has 0 atom stereocenters. The van der Waals surface area contributed by atoms with E-state index in [9.17, 15) is 4.79 Å². The van der Waals surface area contributed by atoms with Gasteiger partial charge in [0.25, 0.3) is 0 Å². The van der Waals surface area contributed by atoms with Gasteiger partial charge in [-0.15, -0.1) is 0 Å². The SMILES string of the molecule is NC(=O)c1cc(N2CCC(N3CCOCC3)CC2)nc2ccccc12. The number of primary amides is 1. The van der Waals surface area contributed by atoms with Crippen molar-refractivity contribution < 1.29 is 9.53 Å². The Morgan fingerprint density at radius 3 is 2.56 bits per heavy atom. The molecular formula is C19H24N4O2. The van der Waals surface area contributed by atoms with Crippen molar-refractivity contribution in [2.45, 2.75) is 18.9 Å². The van der Waals surface area contributed by atoms with Gasteiger partial charge in [-0.3, -0.25) is 9.69 Å². The maximum absolute atomic E-state index is 11.9. The molecule has 1 aromatic carbocycles. The maximum Gasteiger partial charge on any atom is 0.249 e. The molecule has 2 aliphatic heterocycles. The lowest BCUT2D eigenvalue weighted by atomic mass is 10.0. The van der Waals surface area contributed by atoms with Crippen molar-refractivity contribution in [2.75, 3.05) is 44.3 Å². The Morgan fingerprint density at radius 2 is 1.84 bits per heavy atom. The monoisotopic (exact) mass is 340 g/mol. The second-order valence-corrected chi connectivity index (χ2v) is 6.78. The Hall–Kier alpha value is -2.18. The van der Waals surface area contributed by atoms with Crippen LogP contribution in [0.15, 0.2) is 30.3 Å². The number of anilines is 1. The first-order valence-corrected chi connectivity index (χ1v) is 8.99. The van der Waals surface area contributed by atoms with Crippen LogP contribution in [0.3, 0.4) is 0 Å². The number of pyridine rings is 1. The highest BCUT2D eigenvalue weighted by atomic mass is 16.5. The van der Waals surface area contributed by atoms with Crippen molar-refractivity contribution in [3.63, 3.8) is 0 Å². The molecular weight excluding hydrogens is 316 g/mol. The van der Waals surface area contributed by atoms with E-state index in [1.165, 1.54) is 0 Å². The standard InChI is InChI=1S/C19H24N4O2/c20-19(24)16-13-18(21-17-4-2-1-3-15(16)17)23-7-5-14(6-8-23)22-9-11-25-12-10-22/h1-4,13-14H,5-12H2,(H2,20,24). The molecule has 2 aromatic rings. The first kappa shape index (κ1) is 16.3. The van der Waals surface area contributed by atoms with Crippen molar-refractivity contribution >= 4 is 22.6 Å². The van der Waals surface area contributed by atoms with E-state index in [2.05, 4.69) is 9.80 Å². The third-order valence-corrected chi connectivity index (χ3v) is 5.32. The van der Waals surface area contributed by atoms with Gasteiger partial charge in [0, 0.05) is 37.6 Å². The minimum Gasteiger partial charge on any atom is -0.379 e. The number of hydrogen-bond acceptors (Lipinski definition) is 5. The van der Waals surface area contributed by atoms with E-state index < -0.39 is 5.91 Å². The van der Waals surface area contributed by atoms with Crippen LogP contribution >= 0.6 is 0 Å². The van der Waals surface area contributed by atoms with Crippen LogP contribution in [0.1, 0.15) is 23.2 Å². The number of aromatic nitrogens is 1. The zero-order valence-electron chi connectivity index (χ0n) is 14.4. The molecule has 6 heteroatoms. The van der Waals surface area contributed by atoms with Crippen LogP contribution in [0.4, 0.5) is 5.82 Å². The van der Waals surface area contributed by atoms with E-state index in [1.54, 1.807) is 0 Å². The van der Waals surface area contributed by atoms with Gasteiger partial charge in [0.2, 0.25) is 5.91 Å². The molecule has 0 aliphatic carbocycles. The number of nitrogens with zero attached hydrogens (tertiary/aromatic N) is 3. The maximum atomic E-state index is 11.9. The average molecular weight is 340 g/mol. The summed E-state index contributed by atoms with van der Waals surface area (Å²) in [6.07, 6.45) is 2.22. The molecule has 1 aromatic heterocycles. The van der Waals surface area contributed by atoms with E-state index in [-0.39, 0.29) is 0 Å². The van der Waals surface area contributed by atoms with Crippen LogP contribution in [-0.4, -0.2) is 61.2 Å². The number of rotatable bonds is 3. The fraction of sp³-hybridized carbons (Fsp3) is 0.474. The summed E-state index contributed by atoms with van der Waals surface area (Å²) >= 11 is 0. The minimum absolute atomic E-state index is 0.400. The fourth-order valence-electron chi connectivity index (χ4n) is 3.93. The highest BCUT2D eigenvalue weighted by Crippen LogP contribution is 2.26. The molecule has 4 rings (SSSR count). The van der Waals surface area contributed by atoms with E-state index in [1.807, 2.05) is 30.3 Å². The zero-order valence-corrected chi connectivity index (χ0v) is 14.4. The summed E-state index contributed by atoms with van der Waals surface area (Å²) in [6, 6.07) is 10.2. The van der Waals surface area contributed by atoms with Crippen LogP contribution in [-0.2, 0) is 4.74 Å². The summed E-state index contributed by atoms with van der Waals surface area (Å²) in [6.45, 7) is 5.65.